The Morgan fingerprint density at radius 2 is 1.60 bits per heavy atom. The minimum absolute atomic E-state index is 0.0335. The number of rotatable bonds is 11. The molecular formula is C30H33ClF3N3O4S. The highest BCUT2D eigenvalue weighted by Crippen LogP contribution is 2.38. The zero-order valence-corrected chi connectivity index (χ0v) is 25.2. The first kappa shape index (κ1) is 32.9. The number of nitrogens with zero attached hydrogens (tertiary/aromatic N) is 2. The van der Waals surface area contributed by atoms with Crippen LogP contribution in [0.5, 0.6) is 0 Å². The summed E-state index contributed by atoms with van der Waals surface area (Å²) in [5.41, 5.74) is -0.0969. The van der Waals surface area contributed by atoms with Crippen molar-refractivity contribution in [1.82, 2.24) is 10.2 Å². The van der Waals surface area contributed by atoms with Crippen LogP contribution in [0.1, 0.15) is 43.9 Å². The molecule has 1 N–H and O–H groups in total. The maximum atomic E-state index is 14.0. The summed E-state index contributed by atoms with van der Waals surface area (Å²) in [5, 5.41) is 2.21. The van der Waals surface area contributed by atoms with Crippen LogP contribution in [0.25, 0.3) is 0 Å². The number of hydrogen-bond acceptors (Lipinski definition) is 4. The Hall–Kier alpha value is -3.57. The molecular weight excluding hydrogens is 591 g/mol. The topological polar surface area (TPSA) is 86.8 Å². The third kappa shape index (κ3) is 7.83. The summed E-state index contributed by atoms with van der Waals surface area (Å²) >= 11 is 5.80. The highest BCUT2D eigenvalue weighted by molar-refractivity contribution is 7.92. The second kappa shape index (κ2) is 13.6. The second-order valence-electron chi connectivity index (χ2n) is 9.93. The predicted octanol–water partition coefficient (Wildman–Crippen LogP) is 6.19. The molecule has 7 nitrogen and oxygen atoms in total. The SMILES string of the molecule is CC[C@@H](C)NC(=O)[C@H](C)N(Cc1ccccc1C)C(=O)CN(c1ccc(Cl)c(C(F)(F)F)c1)S(=O)(=O)c1ccccc1. The standard InChI is InChI=1S/C30H33ClF3N3O4S/c1-5-21(3)35-29(39)22(4)36(18-23-12-10-9-11-20(23)2)28(38)19-37(42(40,41)25-13-7-6-8-14-25)24-15-16-27(31)26(17-24)30(32,33)34/h6-17,21-22H,5,18-19H2,1-4H3,(H,35,39)/t21-,22+/m1/s1. The first-order valence-electron chi connectivity index (χ1n) is 13.3. The molecule has 3 aromatic carbocycles. The summed E-state index contributed by atoms with van der Waals surface area (Å²) in [5.74, 6) is -1.23. The zero-order valence-electron chi connectivity index (χ0n) is 23.7. The lowest BCUT2D eigenvalue weighted by atomic mass is 10.1. The number of halogens is 4. The number of hydrogen-bond donors (Lipinski definition) is 1. The van der Waals surface area contributed by atoms with Crippen LogP contribution < -0.4 is 9.62 Å². The lowest BCUT2D eigenvalue weighted by Gasteiger charge is -2.33. The molecule has 2 amide bonds. The zero-order chi connectivity index (χ0) is 31.2. The van der Waals surface area contributed by atoms with Crippen molar-refractivity contribution in [2.75, 3.05) is 10.8 Å². The van der Waals surface area contributed by atoms with Gasteiger partial charge < -0.3 is 10.2 Å². The Morgan fingerprint density at radius 1 is 0.976 bits per heavy atom. The minimum atomic E-state index is -4.88. The number of amides is 2. The molecule has 0 heterocycles. The number of benzene rings is 3. The fourth-order valence-corrected chi connectivity index (χ4v) is 5.80. The van der Waals surface area contributed by atoms with Crippen LogP contribution in [-0.2, 0) is 32.3 Å². The molecule has 0 unspecified atom stereocenters. The molecule has 0 aliphatic carbocycles. The van der Waals surface area contributed by atoms with Crippen molar-refractivity contribution in [3.05, 3.63) is 94.5 Å². The highest BCUT2D eigenvalue weighted by atomic mass is 35.5. The lowest BCUT2D eigenvalue weighted by molar-refractivity contribution is -0.139. The molecule has 3 aromatic rings. The molecule has 12 heteroatoms. The van der Waals surface area contributed by atoms with Crippen LogP contribution in [-0.4, -0.2) is 43.8 Å². The van der Waals surface area contributed by atoms with Gasteiger partial charge in [-0.2, -0.15) is 13.2 Å². The smallest absolute Gasteiger partial charge is 0.352 e. The van der Waals surface area contributed by atoms with E-state index in [0.29, 0.717) is 16.8 Å². The van der Waals surface area contributed by atoms with E-state index in [2.05, 4.69) is 5.32 Å². The van der Waals surface area contributed by atoms with E-state index in [-0.39, 0.29) is 17.5 Å². The van der Waals surface area contributed by atoms with Crippen molar-refractivity contribution in [3.63, 3.8) is 0 Å². The third-order valence-electron chi connectivity index (χ3n) is 6.92. The fraction of sp³-hybridized carbons (Fsp3) is 0.333. The monoisotopic (exact) mass is 623 g/mol. The molecule has 3 rings (SSSR count). The van der Waals surface area contributed by atoms with Gasteiger partial charge in [0, 0.05) is 12.6 Å². The summed E-state index contributed by atoms with van der Waals surface area (Å²) in [7, 11) is -4.53. The molecule has 0 radical (unpaired) electrons. The van der Waals surface area contributed by atoms with Gasteiger partial charge in [-0.1, -0.05) is 61.0 Å². The molecule has 0 aliphatic rings. The van der Waals surface area contributed by atoms with Crippen LogP contribution in [0.4, 0.5) is 18.9 Å². The molecule has 0 aromatic heterocycles. The molecule has 226 valence electrons. The Bertz CT molecular complexity index is 1520. The minimum Gasteiger partial charge on any atom is -0.352 e. The van der Waals surface area contributed by atoms with Crippen LogP contribution >= 0.6 is 11.6 Å². The van der Waals surface area contributed by atoms with Crippen LogP contribution in [0, 0.1) is 6.92 Å². The van der Waals surface area contributed by atoms with E-state index in [1.807, 2.05) is 32.9 Å². The summed E-state index contributed by atoms with van der Waals surface area (Å²) in [6.07, 6.45) is -4.23. The van der Waals surface area contributed by atoms with Crippen LogP contribution in [0.2, 0.25) is 5.02 Å². The van der Waals surface area contributed by atoms with Crippen molar-refractivity contribution in [3.8, 4) is 0 Å². The normalized spacial score (nSPS) is 13.2. The number of sulfonamides is 1. The molecule has 0 spiro atoms. The summed E-state index contributed by atoms with van der Waals surface area (Å²) in [6.45, 7) is 6.15. The summed E-state index contributed by atoms with van der Waals surface area (Å²) in [6, 6.07) is 15.7. The quantitative estimate of drug-likeness (QED) is 0.276. The Labute approximate surface area is 249 Å². The number of aryl methyl sites for hydroxylation is 1. The molecule has 42 heavy (non-hydrogen) atoms. The first-order chi connectivity index (χ1) is 19.7. The van der Waals surface area contributed by atoms with E-state index in [9.17, 15) is 31.2 Å². The van der Waals surface area contributed by atoms with Gasteiger partial charge in [0.25, 0.3) is 10.0 Å². The lowest BCUT2D eigenvalue weighted by Crippen LogP contribution is -2.52. The molecule has 2 atom stereocenters. The maximum absolute atomic E-state index is 14.0. The maximum Gasteiger partial charge on any atom is 0.417 e. The van der Waals surface area contributed by atoms with Crippen molar-refractivity contribution in [2.24, 2.45) is 0 Å². The number of alkyl halides is 3. The fourth-order valence-electron chi connectivity index (χ4n) is 4.15. The number of carbonyl (C=O) groups excluding carboxylic acids is 2. The van der Waals surface area contributed by atoms with E-state index in [1.54, 1.807) is 18.2 Å². The third-order valence-corrected chi connectivity index (χ3v) is 9.04. The van der Waals surface area contributed by atoms with Gasteiger partial charge in [0.2, 0.25) is 11.8 Å². The number of nitrogens with one attached hydrogen (secondary N) is 1. The van der Waals surface area contributed by atoms with Gasteiger partial charge >= 0.3 is 6.18 Å². The van der Waals surface area contributed by atoms with Crippen molar-refractivity contribution < 1.29 is 31.2 Å². The van der Waals surface area contributed by atoms with Gasteiger partial charge in [0.05, 0.1) is 21.2 Å². The van der Waals surface area contributed by atoms with Gasteiger partial charge in [-0.3, -0.25) is 13.9 Å². The van der Waals surface area contributed by atoms with E-state index in [0.717, 1.165) is 23.3 Å². The van der Waals surface area contributed by atoms with Gasteiger partial charge in [-0.25, -0.2) is 8.42 Å². The van der Waals surface area contributed by atoms with Crippen molar-refractivity contribution in [2.45, 2.75) is 63.8 Å². The summed E-state index contributed by atoms with van der Waals surface area (Å²) < 4.78 is 69.4. The number of carbonyl (C=O) groups is 2. The highest BCUT2D eigenvalue weighted by Gasteiger charge is 2.37. The number of anilines is 1. The average molecular weight is 624 g/mol. The van der Waals surface area contributed by atoms with E-state index >= 15 is 0 Å². The van der Waals surface area contributed by atoms with Gasteiger partial charge in [0.15, 0.2) is 0 Å². The van der Waals surface area contributed by atoms with E-state index in [4.69, 9.17) is 11.6 Å². The molecule has 0 aliphatic heterocycles. The van der Waals surface area contributed by atoms with Gasteiger partial charge in [-0.15, -0.1) is 0 Å². The molecule has 0 bridgehead atoms. The van der Waals surface area contributed by atoms with Crippen molar-refractivity contribution in [1.29, 1.82) is 0 Å². The van der Waals surface area contributed by atoms with Gasteiger partial charge in [-0.05, 0) is 68.7 Å². The Balaban J connectivity index is 2.11. The van der Waals surface area contributed by atoms with Crippen molar-refractivity contribution >= 4 is 39.1 Å². The van der Waals surface area contributed by atoms with Gasteiger partial charge in [0.1, 0.15) is 12.6 Å². The Kier molecular flexibility index (Phi) is 10.7. The largest absolute Gasteiger partial charge is 0.417 e. The molecule has 0 saturated carbocycles. The predicted molar refractivity (Wildman–Crippen MR) is 157 cm³/mol. The van der Waals surface area contributed by atoms with E-state index < -0.39 is 56.9 Å². The Morgan fingerprint density at radius 3 is 2.19 bits per heavy atom. The average Bonchev–Trinajstić information content (AvgIpc) is 2.95. The van der Waals surface area contributed by atoms with Crippen LogP contribution in [0.3, 0.4) is 0 Å². The molecule has 0 fully saturated rings. The molecule has 0 saturated heterocycles. The second-order valence-corrected chi connectivity index (χ2v) is 12.2. The summed E-state index contributed by atoms with van der Waals surface area (Å²) in [4.78, 5) is 28.1. The first-order valence-corrected chi connectivity index (χ1v) is 15.1. The van der Waals surface area contributed by atoms with E-state index in [1.165, 1.54) is 36.1 Å². The van der Waals surface area contributed by atoms with Crippen LogP contribution in [0.15, 0.2) is 77.7 Å².